The Morgan fingerprint density at radius 1 is 1.32 bits per heavy atom. The van der Waals surface area contributed by atoms with Crippen LogP contribution in [-0.2, 0) is 5.41 Å². The highest BCUT2D eigenvalue weighted by Crippen LogP contribution is 2.29. The lowest BCUT2D eigenvalue weighted by Gasteiger charge is -2.24. The first-order chi connectivity index (χ1) is 9.13. The van der Waals surface area contributed by atoms with Crippen LogP contribution in [-0.4, -0.2) is 18.1 Å². The van der Waals surface area contributed by atoms with Gasteiger partial charge >= 0.3 is 0 Å². The van der Waals surface area contributed by atoms with Crippen molar-refractivity contribution in [2.75, 3.05) is 18.5 Å². The zero-order valence-electron chi connectivity index (χ0n) is 11.6. The number of rotatable bonds is 6. The zero-order valence-corrected chi connectivity index (χ0v) is 12.5. The van der Waals surface area contributed by atoms with Crippen LogP contribution in [0, 0.1) is 0 Å². The lowest BCUT2D eigenvalue weighted by atomic mass is 9.91. The van der Waals surface area contributed by atoms with Gasteiger partial charge in [0.15, 0.2) is 11.6 Å². The van der Waals surface area contributed by atoms with Gasteiger partial charge in [-0.05, 0) is 30.5 Å². The first-order valence-electron chi connectivity index (χ1n) is 6.49. The number of anilines is 1. The Labute approximate surface area is 118 Å². The molecule has 2 aromatic heterocycles. The quantitative estimate of drug-likeness (QED) is 0.868. The largest absolute Gasteiger partial charge is 0.490 e. The van der Waals surface area contributed by atoms with Gasteiger partial charge in [0.05, 0.1) is 6.61 Å². The number of pyridine rings is 1. The standard InChI is InChI=1S/C15H20N2OS/c1-4-18-12-7-5-9-16-14(12)17-11-15(2,3)13-8-6-10-19-13/h5-10H,4,11H2,1-3H3,(H,16,17). The van der Waals surface area contributed by atoms with Gasteiger partial charge in [-0.3, -0.25) is 0 Å². The summed E-state index contributed by atoms with van der Waals surface area (Å²) in [5.74, 6) is 1.63. The lowest BCUT2D eigenvalue weighted by Crippen LogP contribution is -2.27. The van der Waals surface area contributed by atoms with E-state index in [1.807, 2.05) is 19.1 Å². The van der Waals surface area contributed by atoms with E-state index in [1.54, 1.807) is 17.5 Å². The molecule has 0 aliphatic rings. The van der Waals surface area contributed by atoms with Crippen LogP contribution >= 0.6 is 11.3 Å². The Kier molecular flexibility index (Phi) is 4.43. The molecule has 4 heteroatoms. The first kappa shape index (κ1) is 13.9. The molecule has 102 valence electrons. The van der Waals surface area contributed by atoms with Crippen molar-refractivity contribution >= 4 is 17.2 Å². The highest BCUT2D eigenvalue weighted by atomic mass is 32.1. The number of nitrogens with zero attached hydrogens (tertiary/aromatic N) is 1. The molecule has 0 saturated carbocycles. The summed E-state index contributed by atoms with van der Waals surface area (Å²) in [7, 11) is 0. The molecular weight excluding hydrogens is 256 g/mol. The monoisotopic (exact) mass is 276 g/mol. The van der Waals surface area contributed by atoms with Gasteiger partial charge in [0.25, 0.3) is 0 Å². The fraction of sp³-hybridized carbons (Fsp3) is 0.400. The fourth-order valence-corrected chi connectivity index (χ4v) is 2.70. The Bertz CT molecular complexity index is 509. The number of hydrogen-bond donors (Lipinski definition) is 1. The molecule has 0 amide bonds. The van der Waals surface area contributed by atoms with Gasteiger partial charge in [0.1, 0.15) is 0 Å². The van der Waals surface area contributed by atoms with E-state index < -0.39 is 0 Å². The summed E-state index contributed by atoms with van der Waals surface area (Å²) in [6.07, 6.45) is 1.78. The number of hydrogen-bond acceptors (Lipinski definition) is 4. The zero-order chi connectivity index (χ0) is 13.7. The molecule has 0 unspecified atom stereocenters. The molecule has 0 aliphatic heterocycles. The second-order valence-corrected chi connectivity index (χ2v) is 5.95. The van der Waals surface area contributed by atoms with Gasteiger partial charge in [-0.15, -0.1) is 11.3 Å². The van der Waals surface area contributed by atoms with Crippen molar-refractivity contribution in [3.8, 4) is 5.75 Å². The van der Waals surface area contributed by atoms with Crippen molar-refractivity contribution in [3.05, 3.63) is 40.7 Å². The summed E-state index contributed by atoms with van der Waals surface area (Å²) < 4.78 is 5.57. The molecule has 0 saturated heterocycles. The van der Waals surface area contributed by atoms with Crippen LogP contribution in [0.1, 0.15) is 25.6 Å². The normalized spacial score (nSPS) is 11.3. The molecule has 2 heterocycles. The molecule has 0 radical (unpaired) electrons. The van der Waals surface area contributed by atoms with Crippen LogP contribution < -0.4 is 10.1 Å². The van der Waals surface area contributed by atoms with Gasteiger partial charge in [-0.25, -0.2) is 4.98 Å². The van der Waals surface area contributed by atoms with E-state index >= 15 is 0 Å². The molecule has 1 N–H and O–H groups in total. The lowest BCUT2D eigenvalue weighted by molar-refractivity contribution is 0.340. The summed E-state index contributed by atoms with van der Waals surface area (Å²) >= 11 is 1.79. The second-order valence-electron chi connectivity index (χ2n) is 5.00. The van der Waals surface area contributed by atoms with Crippen LogP contribution in [0.15, 0.2) is 35.8 Å². The van der Waals surface area contributed by atoms with Gasteiger partial charge in [-0.1, -0.05) is 19.9 Å². The Hall–Kier alpha value is -1.55. The van der Waals surface area contributed by atoms with E-state index in [2.05, 4.69) is 41.7 Å². The number of thiophene rings is 1. The molecule has 0 aromatic carbocycles. The van der Waals surface area contributed by atoms with E-state index in [0.29, 0.717) is 6.61 Å². The minimum atomic E-state index is 0.0785. The minimum Gasteiger partial charge on any atom is -0.490 e. The first-order valence-corrected chi connectivity index (χ1v) is 7.37. The summed E-state index contributed by atoms with van der Waals surface area (Å²) in [4.78, 5) is 5.72. The summed E-state index contributed by atoms with van der Waals surface area (Å²) in [5.41, 5.74) is 0.0785. The van der Waals surface area contributed by atoms with Crippen LogP contribution in [0.3, 0.4) is 0 Å². The number of nitrogens with one attached hydrogen (secondary N) is 1. The van der Waals surface area contributed by atoms with Crippen LogP contribution in [0.5, 0.6) is 5.75 Å². The molecular formula is C15H20N2OS. The molecule has 0 aliphatic carbocycles. The molecule has 0 fully saturated rings. The second kappa shape index (κ2) is 6.06. The van der Waals surface area contributed by atoms with E-state index in [4.69, 9.17) is 4.74 Å². The predicted octanol–water partition coefficient (Wildman–Crippen LogP) is 3.93. The minimum absolute atomic E-state index is 0.0785. The molecule has 3 nitrogen and oxygen atoms in total. The average Bonchev–Trinajstić information content (AvgIpc) is 2.93. The van der Waals surface area contributed by atoms with Gasteiger partial charge in [-0.2, -0.15) is 0 Å². The van der Waals surface area contributed by atoms with Crippen molar-refractivity contribution < 1.29 is 4.74 Å². The van der Waals surface area contributed by atoms with Crippen LogP contribution in [0.2, 0.25) is 0 Å². The number of ether oxygens (including phenoxy) is 1. The molecule has 2 aromatic rings. The van der Waals surface area contributed by atoms with Gasteiger partial charge in [0, 0.05) is 23.0 Å². The molecule has 0 bridgehead atoms. The van der Waals surface area contributed by atoms with Gasteiger partial charge < -0.3 is 10.1 Å². The molecule has 0 atom stereocenters. The smallest absolute Gasteiger partial charge is 0.168 e. The maximum atomic E-state index is 5.57. The van der Waals surface area contributed by atoms with Crippen molar-refractivity contribution in [2.45, 2.75) is 26.2 Å². The maximum absolute atomic E-state index is 5.57. The summed E-state index contributed by atoms with van der Waals surface area (Å²) in [6.45, 7) is 7.91. The third-order valence-electron chi connectivity index (χ3n) is 2.96. The SMILES string of the molecule is CCOc1cccnc1NCC(C)(C)c1cccs1. The summed E-state index contributed by atoms with van der Waals surface area (Å²) in [5, 5.41) is 5.51. The van der Waals surface area contributed by atoms with Crippen molar-refractivity contribution in [2.24, 2.45) is 0 Å². The van der Waals surface area contributed by atoms with E-state index in [0.717, 1.165) is 18.1 Å². The summed E-state index contributed by atoms with van der Waals surface area (Å²) in [6, 6.07) is 8.10. The number of aromatic nitrogens is 1. The molecule has 2 rings (SSSR count). The Balaban J connectivity index is 2.06. The Morgan fingerprint density at radius 3 is 2.84 bits per heavy atom. The van der Waals surface area contributed by atoms with Crippen LogP contribution in [0.25, 0.3) is 0 Å². The molecule has 19 heavy (non-hydrogen) atoms. The Morgan fingerprint density at radius 2 is 2.16 bits per heavy atom. The fourth-order valence-electron chi connectivity index (χ4n) is 1.85. The predicted molar refractivity (Wildman–Crippen MR) is 81.2 cm³/mol. The van der Waals surface area contributed by atoms with Crippen LogP contribution in [0.4, 0.5) is 5.82 Å². The maximum Gasteiger partial charge on any atom is 0.168 e. The van der Waals surface area contributed by atoms with Crippen molar-refractivity contribution in [3.63, 3.8) is 0 Å². The van der Waals surface area contributed by atoms with Crippen molar-refractivity contribution in [1.82, 2.24) is 4.98 Å². The highest BCUT2D eigenvalue weighted by Gasteiger charge is 2.22. The van der Waals surface area contributed by atoms with E-state index in [-0.39, 0.29) is 5.41 Å². The van der Waals surface area contributed by atoms with E-state index in [1.165, 1.54) is 4.88 Å². The van der Waals surface area contributed by atoms with E-state index in [9.17, 15) is 0 Å². The van der Waals surface area contributed by atoms with Gasteiger partial charge in [0.2, 0.25) is 0 Å². The molecule has 0 spiro atoms. The topological polar surface area (TPSA) is 34.1 Å². The third-order valence-corrected chi connectivity index (χ3v) is 4.19. The van der Waals surface area contributed by atoms with Crippen molar-refractivity contribution in [1.29, 1.82) is 0 Å². The third kappa shape index (κ3) is 3.47. The average molecular weight is 276 g/mol. The highest BCUT2D eigenvalue weighted by molar-refractivity contribution is 7.10.